The Kier molecular flexibility index (Phi) is 3.92. The van der Waals surface area contributed by atoms with Crippen LogP contribution >= 0.6 is 11.3 Å². The molecular weight excluding hydrogens is 298 g/mol. The van der Waals surface area contributed by atoms with Crippen LogP contribution in [0.4, 0.5) is 0 Å². The Morgan fingerprint density at radius 3 is 2.70 bits per heavy atom. The van der Waals surface area contributed by atoms with E-state index < -0.39 is 21.1 Å². The topological polar surface area (TPSA) is 84.3 Å². The predicted octanol–water partition coefficient (Wildman–Crippen LogP) is 2.61. The first-order valence-electron chi connectivity index (χ1n) is 5.77. The summed E-state index contributed by atoms with van der Waals surface area (Å²) in [5.74, 6) is -1.01. The van der Waals surface area contributed by atoms with Gasteiger partial charge in [0.25, 0.3) is 0 Å². The molecular formula is C13H13NO4S2. The first-order valence-corrected chi connectivity index (χ1v) is 8.60. The number of hydrogen-bond donors (Lipinski definition) is 1. The van der Waals surface area contributed by atoms with Crippen molar-refractivity contribution in [3.8, 4) is 11.3 Å². The standard InChI is InChI=1S/C13H13NO4S2/c1-8(20(2,17)18)12-14-11(7-19-12)9-4-3-5-10(6-9)13(15)16/h3-8H,1-2H3,(H,15,16). The molecule has 0 aliphatic rings. The summed E-state index contributed by atoms with van der Waals surface area (Å²) in [7, 11) is -3.19. The number of sulfone groups is 1. The molecule has 0 aliphatic heterocycles. The van der Waals surface area contributed by atoms with Crippen LogP contribution in [0.1, 0.15) is 27.5 Å². The molecule has 1 heterocycles. The van der Waals surface area contributed by atoms with Crippen molar-refractivity contribution in [2.45, 2.75) is 12.2 Å². The molecule has 0 spiro atoms. The Balaban J connectivity index is 2.39. The lowest BCUT2D eigenvalue weighted by Gasteiger charge is -2.04. The molecule has 0 bridgehead atoms. The Hall–Kier alpha value is -1.73. The molecule has 0 aliphatic carbocycles. The van der Waals surface area contributed by atoms with E-state index in [1.54, 1.807) is 24.4 Å². The van der Waals surface area contributed by atoms with E-state index in [9.17, 15) is 13.2 Å². The SMILES string of the molecule is CC(c1nc(-c2cccc(C(=O)O)c2)cs1)S(C)(=O)=O. The summed E-state index contributed by atoms with van der Waals surface area (Å²) in [6.07, 6.45) is 1.17. The van der Waals surface area contributed by atoms with Crippen molar-refractivity contribution in [3.63, 3.8) is 0 Å². The normalized spacial score (nSPS) is 13.1. The van der Waals surface area contributed by atoms with Gasteiger partial charge in [-0.1, -0.05) is 12.1 Å². The van der Waals surface area contributed by atoms with Gasteiger partial charge in [0.1, 0.15) is 10.3 Å². The summed E-state index contributed by atoms with van der Waals surface area (Å²) in [6.45, 7) is 1.59. The molecule has 7 heteroatoms. The van der Waals surface area contributed by atoms with Crippen molar-refractivity contribution in [1.29, 1.82) is 0 Å². The first kappa shape index (κ1) is 14.7. The summed E-state index contributed by atoms with van der Waals surface area (Å²) < 4.78 is 23.0. The Bertz CT molecular complexity index is 749. The molecule has 5 nitrogen and oxygen atoms in total. The first-order chi connectivity index (χ1) is 9.29. The molecule has 1 aromatic heterocycles. The molecule has 0 saturated heterocycles. The highest BCUT2D eigenvalue weighted by Gasteiger charge is 2.21. The molecule has 1 aromatic carbocycles. The van der Waals surface area contributed by atoms with E-state index in [2.05, 4.69) is 4.98 Å². The van der Waals surface area contributed by atoms with E-state index in [4.69, 9.17) is 5.11 Å². The van der Waals surface area contributed by atoms with Gasteiger partial charge in [0.15, 0.2) is 9.84 Å². The van der Waals surface area contributed by atoms with Gasteiger partial charge in [-0.2, -0.15) is 0 Å². The minimum atomic E-state index is -3.19. The van der Waals surface area contributed by atoms with Crippen molar-refractivity contribution in [3.05, 3.63) is 40.2 Å². The smallest absolute Gasteiger partial charge is 0.335 e. The van der Waals surface area contributed by atoms with Crippen molar-refractivity contribution in [2.24, 2.45) is 0 Å². The molecule has 2 rings (SSSR count). The highest BCUT2D eigenvalue weighted by Crippen LogP contribution is 2.29. The third kappa shape index (κ3) is 3.05. The van der Waals surface area contributed by atoms with Crippen molar-refractivity contribution >= 4 is 27.1 Å². The van der Waals surface area contributed by atoms with E-state index in [0.29, 0.717) is 16.3 Å². The maximum Gasteiger partial charge on any atom is 0.335 e. The molecule has 20 heavy (non-hydrogen) atoms. The van der Waals surface area contributed by atoms with E-state index in [0.717, 1.165) is 0 Å². The molecule has 1 unspecified atom stereocenters. The zero-order valence-corrected chi connectivity index (χ0v) is 12.5. The van der Waals surface area contributed by atoms with E-state index in [-0.39, 0.29) is 5.56 Å². The van der Waals surface area contributed by atoms with Crippen LogP contribution in [0.25, 0.3) is 11.3 Å². The second-order valence-corrected chi connectivity index (χ2v) is 7.68. The Morgan fingerprint density at radius 1 is 1.40 bits per heavy atom. The third-order valence-corrected chi connectivity index (χ3v) is 5.60. The monoisotopic (exact) mass is 311 g/mol. The largest absolute Gasteiger partial charge is 0.478 e. The molecule has 0 fully saturated rings. The van der Waals surface area contributed by atoms with Gasteiger partial charge in [0.2, 0.25) is 0 Å². The Labute approximate surface area is 120 Å². The van der Waals surface area contributed by atoms with Crippen molar-refractivity contribution < 1.29 is 18.3 Å². The van der Waals surface area contributed by atoms with Crippen LogP contribution in [-0.4, -0.2) is 30.7 Å². The van der Waals surface area contributed by atoms with Gasteiger partial charge < -0.3 is 5.11 Å². The Morgan fingerprint density at radius 2 is 2.10 bits per heavy atom. The molecule has 0 radical (unpaired) electrons. The average Bonchev–Trinajstić information content (AvgIpc) is 2.86. The zero-order chi connectivity index (χ0) is 14.9. The number of hydrogen-bond acceptors (Lipinski definition) is 5. The van der Waals surface area contributed by atoms with Gasteiger partial charge in [0.05, 0.1) is 11.3 Å². The number of benzene rings is 1. The van der Waals surface area contributed by atoms with E-state index >= 15 is 0 Å². The van der Waals surface area contributed by atoms with Gasteiger partial charge in [-0.3, -0.25) is 0 Å². The number of carboxylic acid groups (broad SMARTS) is 1. The lowest BCUT2D eigenvalue weighted by Crippen LogP contribution is -2.07. The van der Waals surface area contributed by atoms with E-state index in [1.807, 2.05) is 0 Å². The fraction of sp³-hybridized carbons (Fsp3) is 0.231. The molecule has 106 valence electrons. The molecule has 2 aromatic rings. The second kappa shape index (κ2) is 5.34. The van der Waals surface area contributed by atoms with Crippen LogP contribution in [0.5, 0.6) is 0 Å². The van der Waals surface area contributed by atoms with Crippen LogP contribution in [0.2, 0.25) is 0 Å². The summed E-state index contributed by atoms with van der Waals surface area (Å²) >= 11 is 1.26. The minimum Gasteiger partial charge on any atom is -0.478 e. The number of aromatic nitrogens is 1. The van der Waals surface area contributed by atoms with Crippen LogP contribution < -0.4 is 0 Å². The van der Waals surface area contributed by atoms with E-state index in [1.165, 1.54) is 29.7 Å². The molecule has 0 amide bonds. The van der Waals surface area contributed by atoms with Crippen LogP contribution in [0.15, 0.2) is 29.6 Å². The van der Waals surface area contributed by atoms with Crippen molar-refractivity contribution in [2.75, 3.05) is 6.26 Å². The van der Waals surface area contributed by atoms with Crippen LogP contribution in [0, 0.1) is 0 Å². The maximum absolute atomic E-state index is 11.5. The zero-order valence-electron chi connectivity index (χ0n) is 10.9. The van der Waals surface area contributed by atoms with Gasteiger partial charge in [-0.15, -0.1) is 11.3 Å². The van der Waals surface area contributed by atoms with Crippen molar-refractivity contribution in [1.82, 2.24) is 4.98 Å². The summed E-state index contributed by atoms with van der Waals surface area (Å²) in [5.41, 5.74) is 1.42. The number of rotatable bonds is 4. The summed E-state index contributed by atoms with van der Waals surface area (Å²) in [5, 5.41) is 10.5. The summed E-state index contributed by atoms with van der Waals surface area (Å²) in [4.78, 5) is 15.2. The average molecular weight is 311 g/mol. The number of thiazole rings is 1. The van der Waals surface area contributed by atoms with Gasteiger partial charge in [-0.05, 0) is 19.1 Å². The van der Waals surface area contributed by atoms with Gasteiger partial charge in [0, 0.05) is 17.2 Å². The quantitative estimate of drug-likeness (QED) is 0.938. The number of carbonyl (C=O) groups is 1. The lowest BCUT2D eigenvalue weighted by atomic mass is 10.1. The highest BCUT2D eigenvalue weighted by molar-refractivity contribution is 7.91. The highest BCUT2D eigenvalue weighted by atomic mass is 32.2. The van der Waals surface area contributed by atoms with Gasteiger partial charge in [-0.25, -0.2) is 18.2 Å². The maximum atomic E-state index is 11.5. The number of nitrogens with zero attached hydrogens (tertiary/aromatic N) is 1. The fourth-order valence-corrected chi connectivity index (χ4v) is 3.48. The fourth-order valence-electron chi connectivity index (χ4n) is 1.60. The van der Waals surface area contributed by atoms with Gasteiger partial charge >= 0.3 is 5.97 Å². The second-order valence-electron chi connectivity index (χ2n) is 4.43. The van der Waals surface area contributed by atoms with Crippen LogP contribution in [0.3, 0.4) is 0 Å². The molecule has 0 saturated carbocycles. The summed E-state index contributed by atoms with van der Waals surface area (Å²) in [6, 6.07) is 6.40. The number of aromatic carboxylic acids is 1. The predicted molar refractivity (Wildman–Crippen MR) is 77.8 cm³/mol. The lowest BCUT2D eigenvalue weighted by molar-refractivity contribution is 0.0697. The van der Waals surface area contributed by atoms with Crippen LogP contribution in [-0.2, 0) is 9.84 Å². The number of carboxylic acids is 1. The third-order valence-electron chi connectivity index (χ3n) is 2.92. The molecule has 1 atom stereocenters. The molecule has 1 N–H and O–H groups in total. The minimum absolute atomic E-state index is 0.174.